The fourth-order valence-electron chi connectivity index (χ4n) is 6.80. The molecule has 6 N–H and O–H groups in total. The van der Waals surface area contributed by atoms with Gasteiger partial charge in [0.2, 0.25) is 11.8 Å². The molecule has 0 aliphatic carbocycles. The van der Waals surface area contributed by atoms with Gasteiger partial charge in [0, 0.05) is 47.0 Å². The number of nitrogens with one attached hydrogen (secondary N) is 2. The standard InChI is InChI=1S/C49H34FN15O4/c1-29(18-51)46(66)62-38-4-2-6-40(16-38)68-49-43(45(55)57-28-59-49)36-22-61-65(26-36)24-33-12-32(14-37(50)15-33)13-34(20-53)47(67)63-39-5-3-7-41(17-39)69-48-42(44(54)56-27-58-48)35-21-60-64(25-35)23-31-10-8-30(19-52)9-11-31/h2-17,21-22,25-28H,1,23-24H2,(H,62,66)(H,63,67)(H2,54,56,58)(H2,55,57,59). The number of halogens is 1. The number of hydrogen-bond acceptors (Lipinski definition) is 15. The fraction of sp³-hybridized carbons (Fsp3) is 0.0408. The molecule has 0 aliphatic heterocycles. The van der Waals surface area contributed by atoms with Crippen molar-refractivity contribution in [3.63, 3.8) is 0 Å². The second-order valence-electron chi connectivity index (χ2n) is 14.9. The molecule has 2 amide bonds. The third-order valence-corrected chi connectivity index (χ3v) is 9.98. The van der Waals surface area contributed by atoms with Crippen molar-refractivity contribution in [3.8, 4) is 63.7 Å². The van der Waals surface area contributed by atoms with E-state index in [1.54, 1.807) is 83.9 Å². The summed E-state index contributed by atoms with van der Waals surface area (Å²) in [6.45, 7) is 3.91. The van der Waals surface area contributed by atoms with Crippen LogP contribution in [-0.2, 0) is 22.7 Å². The zero-order valence-corrected chi connectivity index (χ0v) is 35.9. The molecule has 20 heteroatoms. The molecule has 0 unspecified atom stereocenters. The second-order valence-corrected chi connectivity index (χ2v) is 14.9. The number of carbonyl (C=O) groups is 2. The summed E-state index contributed by atoms with van der Waals surface area (Å²) in [5.74, 6) is -1.06. The Morgan fingerprint density at radius 1 is 0.696 bits per heavy atom. The summed E-state index contributed by atoms with van der Waals surface area (Å²) in [5.41, 5.74) is 16.5. The fourth-order valence-corrected chi connectivity index (χ4v) is 6.80. The third kappa shape index (κ3) is 10.9. The van der Waals surface area contributed by atoms with Crippen molar-refractivity contribution < 1.29 is 23.5 Å². The molecule has 4 aromatic carbocycles. The lowest BCUT2D eigenvalue weighted by atomic mass is 10.1. The van der Waals surface area contributed by atoms with Crippen molar-refractivity contribution >= 4 is 40.9 Å². The van der Waals surface area contributed by atoms with Gasteiger partial charge in [-0.15, -0.1) is 0 Å². The summed E-state index contributed by atoms with van der Waals surface area (Å²) in [6, 6.07) is 29.7. The molecule has 0 atom stereocenters. The minimum absolute atomic E-state index is 0.0691. The van der Waals surface area contributed by atoms with E-state index in [0.29, 0.717) is 45.6 Å². The van der Waals surface area contributed by atoms with E-state index in [9.17, 15) is 14.9 Å². The first-order valence-electron chi connectivity index (χ1n) is 20.4. The van der Waals surface area contributed by atoms with Crippen molar-refractivity contribution in [2.24, 2.45) is 0 Å². The SMILES string of the molecule is C=C(C#N)C(=O)Nc1cccc(Oc2ncnc(N)c2-c2cnn(Cc3cc(F)cc(C=C(C#N)C(=O)Nc4cccc(Oc5ncnc(N)c5-c5cnn(Cc6ccc(C#N)cc6)c5)c4)c3)c2)c1. The highest BCUT2D eigenvalue weighted by Crippen LogP contribution is 2.37. The van der Waals surface area contributed by atoms with Gasteiger partial charge in [0.25, 0.3) is 11.8 Å². The topological polar surface area (TPSA) is 287 Å². The number of nitrogen functional groups attached to an aromatic ring is 2. The van der Waals surface area contributed by atoms with Crippen LogP contribution in [0.4, 0.5) is 27.4 Å². The van der Waals surface area contributed by atoms with Crippen LogP contribution in [0, 0.1) is 39.8 Å². The van der Waals surface area contributed by atoms with Crippen molar-refractivity contribution in [1.82, 2.24) is 39.5 Å². The van der Waals surface area contributed by atoms with Gasteiger partial charge in [-0.3, -0.25) is 19.0 Å². The van der Waals surface area contributed by atoms with E-state index in [4.69, 9.17) is 31.5 Å². The normalized spacial score (nSPS) is 10.8. The molecule has 8 aromatic rings. The number of rotatable bonds is 15. The van der Waals surface area contributed by atoms with Gasteiger partial charge >= 0.3 is 0 Å². The number of nitriles is 3. The summed E-state index contributed by atoms with van der Waals surface area (Å²) in [6.07, 6.45) is 10.2. The van der Waals surface area contributed by atoms with Gasteiger partial charge in [-0.2, -0.15) is 26.0 Å². The van der Waals surface area contributed by atoms with Crippen LogP contribution in [0.15, 0.2) is 146 Å². The second kappa shape index (κ2) is 20.1. The molecule has 0 radical (unpaired) electrons. The largest absolute Gasteiger partial charge is 0.438 e. The molecule has 8 rings (SSSR count). The van der Waals surface area contributed by atoms with Gasteiger partial charge < -0.3 is 31.6 Å². The van der Waals surface area contributed by atoms with E-state index in [-0.39, 0.29) is 63.8 Å². The van der Waals surface area contributed by atoms with Crippen LogP contribution >= 0.6 is 0 Å². The van der Waals surface area contributed by atoms with Crippen LogP contribution in [-0.4, -0.2) is 51.3 Å². The zero-order chi connectivity index (χ0) is 48.4. The maximum atomic E-state index is 15.1. The smallest absolute Gasteiger partial charge is 0.266 e. The Balaban J connectivity index is 0.943. The Morgan fingerprint density at radius 3 is 1.78 bits per heavy atom. The average molecular weight is 916 g/mol. The number of aromatic nitrogens is 8. The van der Waals surface area contributed by atoms with Crippen LogP contribution in [0.3, 0.4) is 0 Å². The predicted molar refractivity (Wildman–Crippen MR) is 250 cm³/mol. The molecule has 0 fully saturated rings. The van der Waals surface area contributed by atoms with Crippen LogP contribution < -0.4 is 31.6 Å². The quantitative estimate of drug-likeness (QED) is 0.0575. The number of anilines is 4. The lowest BCUT2D eigenvalue weighted by Gasteiger charge is -2.12. The van der Waals surface area contributed by atoms with E-state index in [1.165, 1.54) is 53.9 Å². The van der Waals surface area contributed by atoms with Crippen LogP contribution in [0.1, 0.15) is 22.3 Å². The van der Waals surface area contributed by atoms with E-state index >= 15 is 4.39 Å². The number of amides is 2. The van der Waals surface area contributed by atoms with Gasteiger partial charge in [-0.1, -0.05) is 30.8 Å². The molecule has 0 aliphatic rings. The third-order valence-electron chi connectivity index (χ3n) is 9.98. The molecular weight excluding hydrogens is 882 g/mol. The van der Waals surface area contributed by atoms with Crippen LogP contribution in [0.5, 0.6) is 23.3 Å². The maximum Gasteiger partial charge on any atom is 0.266 e. The highest BCUT2D eigenvalue weighted by Gasteiger charge is 2.19. The lowest BCUT2D eigenvalue weighted by Crippen LogP contribution is -2.13. The average Bonchev–Trinajstić information content (AvgIpc) is 4.00. The molecule has 336 valence electrons. The molecule has 0 saturated heterocycles. The first-order valence-corrected chi connectivity index (χ1v) is 20.4. The Kier molecular flexibility index (Phi) is 13.1. The summed E-state index contributed by atoms with van der Waals surface area (Å²) < 4.78 is 30.5. The molecule has 19 nitrogen and oxygen atoms in total. The van der Waals surface area contributed by atoms with Crippen molar-refractivity contribution in [2.45, 2.75) is 13.1 Å². The monoisotopic (exact) mass is 915 g/mol. The Bertz CT molecular complexity index is 3450. The summed E-state index contributed by atoms with van der Waals surface area (Å²) in [7, 11) is 0. The highest BCUT2D eigenvalue weighted by molar-refractivity contribution is 6.09. The summed E-state index contributed by atoms with van der Waals surface area (Å²) in [5, 5.41) is 42.2. The maximum absolute atomic E-state index is 15.1. The minimum Gasteiger partial charge on any atom is -0.438 e. The van der Waals surface area contributed by atoms with E-state index in [2.05, 4.69) is 53.4 Å². The molecule has 69 heavy (non-hydrogen) atoms. The van der Waals surface area contributed by atoms with Crippen molar-refractivity contribution in [3.05, 3.63) is 174 Å². The predicted octanol–water partition coefficient (Wildman–Crippen LogP) is 7.41. The highest BCUT2D eigenvalue weighted by atomic mass is 19.1. The zero-order valence-electron chi connectivity index (χ0n) is 35.9. The minimum atomic E-state index is -0.763. The lowest BCUT2D eigenvalue weighted by molar-refractivity contribution is -0.113. The van der Waals surface area contributed by atoms with Gasteiger partial charge in [-0.25, -0.2) is 24.3 Å². The number of carbonyl (C=O) groups excluding carboxylic acids is 2. The Hall–Kier alpha value is -10.5. The Labute approximate surface area is 391 Å². The van der Waals surface area contributed by atoms with Gasteiger partial charge in [-0.05, 0) is 77.4 Å². The van der Waals surface area contributed by atoms with E-state index in [1.807, 2.05) is 18.2 Å². The number of nitrogens with two attached hydrogens (primary N) is 2. The molecule has 0 spiro atoms. The van der Waals surface area contributed by atoms with E-state index in [0.717, 1.165) is 5.56 Å². The Morgan fingerprint density at radius 2 is 1.25 bits per heavy atom. The van der Waals surface area contributed by atoms with Gasteiger partial charge in [0.15, 0.2) is 0 Å². The number of hydrogen-bond donors (Lipinski definition) is 4. The number of benzene rings is 4. The summed E-state index contributed by atoms with van der Waals surface area (Å²) >= 11 is 0. The first kappa shape index (κ1) is 45.1. The molecule has 0 bridgehead atoms. The molecular formula is C49H34FN15O4. The van der Waals surface area contributed by atoms with Crippen molar-refractivity contribution in [1.29, 1.82) is 15.8 Å². The molecule has 4 heterocycles. The first-order chi connectivity index (χ1) is 33.4. The summed E-state index contributed by atoms with van der Waals surface area (Å²) in [4.78, 5) is 42.4. The van der Waals surface area contributed by atoms with Gasteiger partial charge in [0.05, 0.1) is 48.2 Å². The van der Waals surface area contributed by atoms with Crippen molar-refractivity contribution in [2.75, 3.05) is 22.1 Å². The molecule has 4 aromatic heterocycles. The molecule has 0 saturated carbocycles. The van der Waals surface area contributed by atoms with E-state index < -0.39 is 17.6 Å². The van der Waals surface area contributed by atoms with Crippen LogP contribution in [0.25, 0.3) is 28.3 Å². The number of nitrogens with zero attached hydrogens (tertiary/aromatic N) is 11. The van der Waals surface area contributed by atoms with Crippen LogP contribution in [0.2, 0.25) is 0 Å². The number of ether oxygens (including phenoxy) is 2. The van der Waals surface area contributed by atoms with Gasteiger partial charge in [0.1, 0.15) is 64.9 Å².